The van der Waals surface area contributed by atoms with Crippen molar-refractivity contribution in [2.45, 2.75) is 33.2 Å². The molecule has 2 amide bonds. The van der Waals surface area contributed by atoms with Crippen molar-refractivity contribution in [1.29, 1.82) is 0 Å². The van der Waals surface area contributed by atoms with Crippen LogP contribution in [0.3, 0.4) is 0 Å². The Morgan fingerprint density at radius 3 is 2.57 bits per heavy atom. The van der Waals surface area contributed by atoms with E-state index in [9.17, 15) is 4.79 Å². The van der Waals surface area contributed by atoms with Crippen molar-refractivity contribution in [2.24, 2.45) is 11.8 Å². The van der Waals surface area contributed by atoms with Gasteiger partial charge in [0.2, 0.25) is 0 Å². The Morgan fingerprint density at radius 2 is 1.95 bits per heavy atom. The molecule has 116 valence electrons. The highest BCUT2D eigenvalue weighted by Gasteiger charge is 2.25. The van der Waals surface area contributed by atoms with Crippen molar-refractivity contribution >= 4 is 11.7 Å². The molecule has 1 aliphatic rings. The van der Waals surface area contributed by atoms with E-state index in [4.69, 9.17) is 0 Å². The van der Waals surface area contributed by atoms with Crippen LogP contribution in [-0.4, -0.2) is 31.1 Å². The summed E-state index contributed by atoms with van der Waals surface area (Å²) in [4.78, 5) is 14.3. The molecule has 3 atom stereocenters. The summed E-state index contributed by atoms with van der Waals surface area (Å²) < 4.78 is 0. The van der Waals surface area contributed by atoms with Crippen molar-refractivity contribution < 1.29 is 4.79 Å². The number of amides is 2. The second kappa shape index (κ2) is 6.94. The zero-order valence-electron chi connectivity index (χ0n) is 13.5. The number of likely N-dealkylation sites (tertiary alicyclic amines) is 1. The maximum atomic E-state index is 12.4. The summed E-state index contributed by atoms with van der Waals surface area (Å²) >= 11 is 0. The van der Waals surface area contributed by atoms with Crippen molar-refractivity contribution in [3.05, 3.63) is 29.8 Å². The fourth-order valence-corrected chi connectivity index (χ4v) is 3.08. The summed E-state index contributed by atoms with van der Waals surface area (Å²) in [6.07, 6.45) is 1.21. The number of hydrogen-bond donors (Lipinski definition) is 2. The van der Waals surface area contributed by atoms with E-state index in [-0.39, 0.29) is 12.1 Å². The first-order chi connectivity index (χ1) is 9.99. The van der Waals surface area contributed by atoms with Gasteiger partial charge in [-0.25, -0.2) is 4.79 Å². The molecule has 0 saturated carbocycles. The zero-order valence-corrected chi connectivity index (χ0v) is 13.5. The van der Waals surface area contributed by atoms with E-state index < -0.39 is 0 Å². The van der Waals surface area contributed by atoms with Gasteiger partial charge in [-0.3, -0.25) is 0 Å². The molecule has 1 aromatic carbocycles. The third kappa shape index (κ3) is 4.21. The van der Waals surface area contributed by atoms with E-state index in [2.05, 4.69) is 37.5 Å². The highest BCUT2D eigenvalue weighted by Crippen LogP contribution is 2.22. The van der Waals surface area contributed by atoms with E-state index in [1.165, 1.54) is 12.0 Å². The Hall–Kier alpha value is -1.55. The number of benzene rings is 1. The molecule has 3 unspecified atom stereocenters. The summed E-state index contributed by atoms with van der Waals surface area (Å²) in [6, 6.07) is 8.33. The molecule has 0 bridgehead atoms. The molecule has 1 heterocycles. The Balaban J connectivity index is 2.02. The molecule has 2 rings (SSSR count). The predicted molar refractivity (Wildman–Crippen MR) is 87.5 cm³/mol. The minimum Gasteiger partial charge on any atom is -0.324 e. The maximum absolute atomic E-state index is 12.4. The lowest BCUT2D eigenvalue weighted by atomic mass is 9.92. The maximum Gasteiger partial charge on any atom is 0.321 e. The van der Waals surface area contributed by atoms with E-state index in [0.717, 1.165) is 18.8 Å². The largest absolute Gasteiger partial charge is 0.324 e. The van der Waals surface area contributed by atoms with Gasteiger partial charge in [0.1, 0.15) is 0 Å². The van der Waals surface area contributed by atoms with Gasteiger partial charge in [-0.2, -0.15) is 0 Å². The van der Waals surface area contributed by atoms with Gasteiger partial charge in [-0.1, -0.05) is 26.0 Å². The first kappa shape index (κ1) is 15.8. The standard InChI is InChI=1S/C17H27N3O/c1-12-8-13(2)11-20(10-12)17(21)19-16-7-5-6-15(9-16)14(3)18-4/h5-7,9,12-14,18H,8,10-11H2,1-4H3,(H,19,21). The summed E-state index contributed by atoms with van der Waals surface area (Å²) in [6.45, 7) is 8.23. The third-order valence-electron chi connectivity index (χ3n) is 4.23. The van der Waals surface area contributed by atoms with Crippen LogP contribution in [0, 0.1) is 11.8 Å². The molecule has 1 aliphatic heterocycles. The van der Waals surface area contributed by atoms with Crippen LogP contribution >= 0.6 is 0 Å². The smallest absolute Gasteiger partial charge is 0.321 e. The Labute approximate surface area is 127 Å². The number of urea groups is 1. The van der Waals surface area contributed by atoms with Crippen LogP contribution in [0.4, 0.5) is 10.5 Å². The molecule has 0 radical (unpaired) electrons. The average molecular weight is 289 g/mol. The average Bonchev–Trinajstić information content (AvgIpc) is 2.45. The number of hydrogen-bond acceptors (Lipinski definition) is 2. The molecular weight excluding hydrogens is 262 g/mol. The van der Waals surface area contributed by atoms with Gasteiger partial charge in [-0.05, 0) is 49.9 Å². The van der Waals surface area contributed by atoms with Crippen LogP contribution in [0.2, 0.25) is 0 Å². The van der Waals surface area contributed by atoms with Gasteiger partial charge >= 0.3 is 6.03 Å². The van der Waals surface area contributed by atoms with Gasteiger partial charge in [-0.15, -0.1) is 0 Å². The quantitative estimate of drug-likeness (QED) is 0.895. The lowest BCUT2D eigenvalue weighted by molar-refractivity contribution is 0.156. The SMILES string of the molecule is CNC(C)c1cccc(NC(=O)N2CC(C)CC(C)C2)c1. The predicted octanol–water partition coefficient (Wildman–Crippen LogP) is 3.48. The zero-order chi connectivity index (χ0) is 15.4. The number of nitrogens with one attached hydrogen (secondary N) is 2. The minimum atomic E-state index is 0.0164. The first-order valence-electron chi connectivity index (χ1n) is 7.82. The van der Waals surface area contributed by atoms with Crippen LogP contribution in [0.5, 0.6) is 0 Å². The minimum absolute atomic E-state index is 0.0164. The number of anilines is 1. The van der Waals surface area contributed by atoms with Crippen LogP contribution in [-0.2, 0) is 0 Å². The van der Waals surface area contributed by atoms with Crippen LogP contribution in [0.15, 0.2) is 24.3 Å². The number of piperidine rings is 1. The van der Waals surface area contributed by atoms with Crippen molar-refractivity contribution in [3.8, 4) is 0 Å². The first-order valence-corrected chi connectivity index (χ1v) is 7.82. The molecule has 4 heteroatoms. The van der Waals surface area contributed by atoms with Gasteiger partial charge in [0.15, 0.2) is 0 Å². The molecular formula is C17H27N3O. The molecule has 0 spiro atoms. The number of carbonyl (C=O) groups excluding carboxylic acids is 1. The van der Waals surface area contributed by atoms with Crippen LogP contribution in [0.1, 0.15) is 38.8 Å². The normalized spacial score (nSPS) is 23.7. The monoisotopic (exact) mass is 289 g/mol. The molecule has 4 nitrogen and oxygen atoms in total. The van der Waals surface area contributed by atoms with E-state index in [1.807, 2.05) is 30.1 Å². The van der Waals surface area contributed by atoms with Gasteiger partial charge in [0.05, 0.1) is 0 Å². The number of carbonyl (C=O) groups is 1. The van der Waals surface area contributed by atoms with Crippen molar-refractivity contribution in [3.63, 3.8) is 0 Å². The molecule has 1 fully saturated rings. The van der Waals surface area contributed by atoms with Crippen molar-refractivity contribution in [2.75, 3.05) is 25.5 Å². The highest BCUT2D eigenvalue weighted by atomic mass is 16.2. The van der Waals surface area contributed by atoms with Crippen LogP contribution in [0.25, 0.3) is 0 Å². The fourth-order valence-electron chi connectivity index (χ4n) is 3.08. The highest BCUT2D eigenvalue weighted by molar-refractivity contribution is 5.89. The summed E-state index contributed by atoms with van der Waals surface area (Å²) in [5, 5.41) is 6.24. The second-order valence-corrected chi connectivity index (χ2v) is 6.42. The van der Waals surface area contributed by atoms with Gasteiger partial charge in [0, 0.05) is 24.8 Å². The van der Waals surface area contributed by atoms with Gasteiger partial charge < -0.3 is 15.5 Å². The Kier molecular flexibility index (Phi) is 5.23. The molecule has 0 aliphatic carbocycles. The van der Waals surface area contributed by atoms with Crippen molar-refractivity contribution in [1.82, 2.24) is 10.2 Å². The lowest BCUT2D eigenvalue weighted by Gasteiger charge is -2.35. The number of rotatable bonds is 3. The molecule has 1 aromatic rings. The second-order valence-electron chi connectivity index (χ2n) is 6.42. The molecule has 21 heavy (non-hydrogen) atoms. The molecule has 1 saturated heterocycles. The topological polar surface area (TPSA) is 44.4 Å². The molecule has 2 N–H and O–H groups in total. The van der Waals surface area contributed by atoms with Gasteiger partial charge in [0.25, 0.3) is 0 Å². The van der Waals surface area contributed by atoms with Crippen LogP contribution < -0.4 is 10.6 Å². The number of nitrogens with zero attached hydrogens (tertiary/aromatic N) is 1. The summed E-state index contributed by atoms with van der Waals surface area (Å²) in [5.74, 6) is 1.16. The third-order valence-corrected chi connectivity index (χ3v) is 4.23. The van der Waals surface area contributed by atoms with E-state index >= 15 is 0 Å². The summed E-state index contributed by atoms with van der Waals surface area (Å²) in [5.41, 5.74) is 2.04. The Bertz CT molecular complexity index is 479. The fraction of sp³-hybridized carbons (Fsp3) is 0.588. The van der Waals surface area contributed by atoms with E-state index in [0.29, 0.717) is 11.8 Å². The molecule has 0 aromatic heterocycles. The Morgan fingerprint density at radius 1 is 1.29 bits per heavy atom. The summed E-state index contributed by atoms with van der Waals surface area (Å²) in [7, 11) is 1.94. The van der Waals surface area contributed by atoms with E-state index in [1.54, 1.807) is 0 Å². The lowest BCUT2D eigenvalue weighted by Crippen LogP contribution is -2.44.